The van der Waals surface area contributed by atoms with Crippen molar-refractivity contribution in [1.29, 1.82) is 5.26 Å². The van der Waals surface area contributed by atoms with Gasteiger partial charge in [0, 0.05) is 12.6 Å². The van der Waals surface area contributed by atoms with Crippen LogP contribution in [0.15, 0.2) is 0 Å². The van der Waals surface area contributed by atoms with Gasteiger partial charge in [-0.15, -0.1) is 0 Å². The second-order valence-corrected chi connectivity index (χ2v) is 3.63. The second-order valence-electron chi connectivity index (χ2n) is 3.63. The predicted octanol–water partition coefficient (Wildman–Crippen LogP) is 1.53. The summed E-state index contributed by atoms with van der Waals surface area (Å²) in [7, 11) is 0. The summed E-state index contributed by atoms with van der Waals surface area (Å²) in [4.78, 5) is 2.35. The van der Waals surface area contributed by atoms with Crippen LogP contribution in [-0.2, 0) is 0 Å². The Kier molecular flexibility index (Phi) is 1.83. The second kappa shape index (κ2) is 2.83. The van der Waals surface area contributed by atoms with E-state index < -0.39 is 0 Å². The van der Waals surface area contributed by atoms with Gasteiger partial charge in [-0.05, 0) is 12.8 Å². The molecule has 0 aromatic heterocycles. The summed E-state index contributed by atoms with van der Waals surface area (Å²) in [5.74, 6) is 0. The normalized spacial score (nSPS) is 38.1. The molecule has 0 bridgehead atoms. The molecule has 0 N–H and O–H groups in total. The number of hydrogen-bond donors (Lipinski definition) is 0. The van der Waals surface area contributed by atoms with Crippen molar-refractivity contribution in [2.75, 3.05) is 6.54 Å². The van der Waals surface area contributed by atoms with Crippen molar-refractivity contribution in [3.8, 4) is 6.07 Å². The van der Waals surface area contributed by atoms with Gasteiger partial charge in [0.2, 0.25) is 0 Å². The van der Waals surface area contributed by atoms with Crippen molar-refractivity contribution < 1.29 is 0 Å². The van der Waals surface area contributed by atoms with Gasteiger partial charge in [0.1, 0.15) is 6.04 Å². The summed E-state index contributed by atoms with van der Waals surface area (Å²) in [5, 5.41) is 8.62. The molecule has 0 spiro atoms. The van der Waals surface area contributed by atoms with Crippen molar-refractivity contribution in [1.82, 2.24) is 4.90 Å². The molecule has 0 radical (unpaired) electrons. The molecule has 0 aromatic rings. The number of nitriles is 1. The summed E-state index contributed by atoms with van der Waals surface area (Å²) < 4.78 is 0. The van der Waals surface area contributed by atoms with E-state index in [0.717, 1.165) is 12.6 Å². The fourth-order valence-electron chi connectivity index (χ4n) is 2.08. The van der Waals surface area contributed by atoms with Gasteiger partial charge in [0.05, 0.1) is 6.07 Å². The lowest BCUT2D eigenvalue weighted by molar-refractivity contribution is 0.290. The van der Waals surface area contributed by atoms with Gasteiger partial charge >= 0.3 is 0 Å². The van der Waals surface area contributed by atoms with Crippen LogP contribution < -0.4 is 0 Å². The molecule has 60 valence electrons. The van der Waals surface area contributed by atoms with E-state index in [1.54, 1.807) is 0 Å². The van der Waals surface area contributed by atoms with E-state index in [9.17, 15) is 0 Å². The van der Waals surface area contributed by atoms with Gasteiger partial charge in [-0.2, -0.15) is 5.26 Å². The molecule has 2 aliphatic rings. The summed E-state index contributed by atoms with van der Waals surface area (Å²) in [6, 6.07) is 3.35. The smallest absolute Gasteiger partial charge is 0.111 e. The highest BCUT2D eigenvalue weighted by atomic mass is 15.3. The largest absolute Gasteiger partial charge is 0.281 e. The average Bonchev–Trinajstić information content (AvgIpc) is 2.85. The molecule has 2 heteroatoms. The lowest BCUT2D eigenvalue weighted by Crippen LogP contribution is -2.23. The molecule has 0 amide bonds. The quantitative estimate of drug-likeness (QED) is 0.530. The monoisotopic (exact) mass is 150 g/mol. The van der Waals surface area contributed by atoms with Crippen LogP contribution in [0, 0.1) is 11.3 Å². The molecule has 1 saturated heterocycles. The van der Waals surface area contributed by atoms with Crippen LogP contribution in [-0.4, -0.2) is 23.5 Å². The zero-order chi connectivity index (χ0) is 7.68. The number of hydrogen-bond acceptors (Lipinski definition) is 2. The molecule has 1 heterocycles. The Hall–Kier alpha value is -0.550. The van der Waals surface area contributed by atoms with Gasteiger partial charge in [0.15, 0.2) is 0 Å². The Bertz CT molecular complexity index is 176. The van der Waals surface area contributed by atoms with E-state index in [-0.39, 0.29) is 6.04 Å². The van der Waals surface area contributed by atoms with Crippen molar-refractivity contribution in [2.24, 2.45) is 0 Å². The third-order valence-electron chi connectivity index (χ3n) is 2.84. The third-order valence-corrected chi connectivity index (χ3v) is 2.84. The van der Waals surface area contributed by atoms with E-state index in [2.05, 4.69) is 11.0 Å². The van der Waals surface area contributed by atoms with Crippen LogP contribution in [0.1, 0.15) is 32.1 Å². The minimum Gasteiger partial charge on any atom is -0.281 e. The van der Waals surface area contributed by atoms with Gasteiger partial charge in [-0.3, -0.25) is 4.90 Å². The standard InChI is InChI=1S/C9H14N2/c10-6-9-7-11(9)8-4-2-1-3-5-8/h8-9H,1-5,7H2. The zero-order valence-electron chi connectivity index (χ0n) is 6.79. The first kappa shape index (κ1) is 7.12. The Morgan fingerprint density at radius 1 is 1.18 bits per heavy atom. The van der Waals surface area contributed by atoms with Gasteiger partial charge < -0.3 is 0 Å². The topological polar surface area (TPSA) is 26.8 Å². The van der Waals surface area contributed by atoms with Crippen LogP contribution in [0.3, 0.4) is 0 Å². The Labute approximate surface area is 67.8 Å². The maximum absolute atomic E-state index is 8.62. The van der Waals surface area contributed by atoms with E-state index in [4.69, 9.17) is 5.26 Å². The van der Waals surface area contributed by atoms with Gasteiger partial charge in [0.25, 0.3) is 0 Å². The third kappa shape index (κ3) is 1.39. The lowest BCUT2D eigenvalue weighted by atomic mass is 9.95. The molecule has 2 nitrogen and oxygen atoms in total. The molecule has 0 aromatic carbocycles. The predicted molar refractivity (Wildman–Crippen MR) is 43.0 cm³/mol. The summed E-state index contributed by atoms with van der Waals surface area (Å²) in [5.41, 5.74) is 0. The highest BCUT2D eigenvalue weighted by Crippen LogP contribution is 2.30. The summed E-state index contributed by atoms with van der Waals surface area (Å²) in [6.07, 6.45) is 6.82. The SMILES string of the molecule is N#CC1CN1C1CCCCC1. The molecule has 1 saturated carbocycles. The molecular weight excluding hydrogens is 136 g/mol. The van der Waals surface area contributed by atoms with Crippen LogP contribution >= 0.6 is 0 Å². The van der Waals surface area contributed by atoms with Crippen molar-refractivity contribution in [2.45, 2.75) is 44.2 Å². The van der Waals surface area contributed by atoms with Crippen molar-refractivity contribution in [3.05, 3.63) is 0 Å². The highest BCUT2D eigenvalue weighted by molar-refractivity contribution is 5.08. The summed E-state index contributed by atoms with van der Waals surface area (Å²) in [6.45, 7) is 1.04. The van der Waals surface area contributed by atoms with Crippen LogP contribution in [0.2, 0.25) is 0 Å². The Morgan fingerprint density at radius 3 is 2.45 bits per heavy atom. The first-order valence-electron chi connectivity index (χ1n) is 4.57. The first-order chi connectivity index (χ1) is 5.42. The molecular formula is C9H14N2. The number of nitrogens with zero attached hydrogens (tertiary/aromatic N) is 2. The molecule has 2 unspecified atom stereocenters. The Morgan fingerprint density at radius 2 is 1.91 bits per heavy atom. The van der Waals surface area contributed by atoms with Crippen LogP contribution in [0.4, 0.5) is 0 Å². The van der Waals surface area contributed by atoms with E-state index in [1.165, 1.54) is 32.1 Å². The zero-order valence-corrected chi connectivity index (χ0v) is 6.79. The van der Waals surface area contributed by atoms with Crippen LogP contribution in [0.5, 0.6) is 0 Å². The first-order valence-corrected chi connectivity index (χ1v) is 4.57. The van der Waals surface area contributed by atoms with E-state index in [0.29, 0.717) is 0 Å². The molecule has 1 aliphatic heterocycles. The van der Waals surface area contributed by atoms with Gasteiger partial charge in [-0.25, -0.2) is 0 Å². The maximum atomic E-state index is 8.62. The van der Waals surface area contributed by atoms with Crippen molar-refractivity contribution >= 4 is 0 Å². The average molecular weight is 150 g/mol. The molecule has 2 atom stereocenters. The lowest BCUT2D eigenvalue weighted by Gasteiger charge is -2.22. The molecule has 1 aliphatic carbocycles. The Balaban J connectivity index is 1.83. The minimum absolute atomic E-state index is 0.276. The number of rotatable bonds is 1. The minimum atomic E-state index is 0.276. The highest BCUT2D eigenvalue weighted by Gasteiger charge is 2.39. The molecule has 2 fully saturated rings. The van der Waals surface area contributed by atoms with Crippen molar-refractivity contribution in [3.63, 3.8) is 0 Å². The summed E-state index contributed by atoms with van der Waals surface area (Å²) >= 11 is 0. The maximum Gasteiger partial charge on any atom is 0.111 e. The van der Waals surface area contributed by atoms with Crippen LogP contribution in [0.25, 0.3) is 0 Å². The van der Waals surface area contributed by atoms with E-state index in [1.807, 2.05) is 0 Å². The van der Waals surface area contributed by atoms with Gasteiger partial charge in [-0.1, -0.05) is 19.3 Å². The molecule has 2 rings (SSSR count). The fraction of sp³-hybridized carbons (Fsp3) is 0.889. The fourth-order valence-corrected chi connectivity index (χ4v) is 2.08. The van der Waals surface area contributed by atoms with E-state index >= 15 is 0 Å². The molecule has 11 heavy (non-hydrogen) atoms.